The van der Waals surface area contributed by atoms with Gasteiger partial charge in [0.05, 0.1) is 5.69 Å². The maximum Gasteiger partial charge on any atom is 0.511 e. The summed E-state index contributed by atoms with van der Waals surface area (Å²) in [5, 5.41) is 12.3. The number of nitrogens with one attached hydrogen (secondary N) is 1. The number of hydrogen-bond acceptors (Lipinski definition) is 5. The number of carbonyl (C=O) groups is 2. The molecular formula is C29H19F2NO6. The molecule has 0 fully saturated rings. The van der Waals surface area contributed by atoms with Gasteiger partial charge in [-0.3, -0.25) is 5.32 Å². The van der Waals surface area contributed by atoms with Gasteiger partial charge in [0, 0.05) is 5.39 Å². The lowest BCUT2D eigenvalue weighted by Crippen LogP contribution is -2.15. The summed E-state index contributed by atoms with van der Waals surface area (Å²) in [6.07, 6.45) is -2.43. The fraction of sp³-hybridized carbons (Fsp3) is 0.0345. The molecule has 0 unspecified atom stereocenters. The predicted octanol–water partition coefficient (Wildman–Crippen LogP) is 7.85. The number of carboxylic acid groups (broad SMARTS) is 1. The first-order valence-corrected chi connectivity index (χ1v) is 11.4. The maximum atomic E-state index is 13.2. The van der Waals surface area contributed by atoms with Gasteiger partial charge in [0.1, 0.15) is 23.0 Å². The van der Waals surface area contributed by atoms with Crippen molar-refractivity contribution in [1.82, 2.24) is 0 Å². The molecule has 0 bridgehead atoms. The normalized spacial score (nSPS) is 10.8. The Hall–Kier alpha value is -5.18. The molecule has 0 radical (unpaired) electrons. The average Bonchev–Trinajstić information content (AvgIpc) is 3.31. The molecule has 0 spiro atoms. The zero-order valence-electron chi connectivity index (χ0n) is 19.6. The van der Waals surface area contributed by atoms with Crippen molar-refractivity contribution >= 4 is 28.9 Å². The van der Waals surface area contributed by atoms with E-state index in [1.165, 1.54) is 48.5 Å². The Morgan fingerprint density at radius 2 is 1.34 bits per heavy atom. The number of fused-ring (bicyclic) bond motifs is 1. The van der Waals surface area contributed by atoms with Crippen LogP contribution in [0.5, 0.6) is 5.75 Å². The third kappa shape index (κ3) is 5.62. The van der Waals surface area contributed by atoms with E-state index in [0.29, 0.717) is 22.5 Å². The molecule has 4 aromatic carbocycles. The Labute approximate surface area is 214 Å². The van der Waals surface area contributed by atoms with Crippen LogP contribution < -0.4 is 10.1 Å². The summed E-state index contributed by atoms with van der Waals surface area (Å²) < 4.78 is 42.3. The van der Waals surface area contributed by atoms with Crippen LogP contribution >= 0.6 is 0 Å². The van der Waals surface area contributed by atoms with E-state index >= 15 is 0 Å². The van der Waals surface area contributed by atoms with Crippen LogP contribution in [0.4, 0.5) is 24.1 Å². The molecular weight excluding hydrogens is 496 g/mol. The molecule has 190 valence electrons. The first-order valence-electron chi connectivity index (χ1n) is 11.4. The Bertz CT molecular complexity index is 1630. The molecule has 2 N–H and O–H groups in total. The molecule has 0 atom stereocenters. The lowest BCUT2D eigenvalue weighted by Gasteiger charge is -2.12. The molecule has 0 saturated carbocycles. The van der Waals surface area contributed by atoms with Crippen molar-refractivity contribution in [3.8, 4) is 28.0 Å². The van der Waals surface area contributed by atoms with Crippen molar-refractivity contribution < 1.29 is 37.4 Å². The van der Waals surface area contributed by atoms with E-state index < -0.39 is 18.1 Å². The summed E-state index contributed by atoms with van der Waals surface area (Å²) >= 11 is 0. The lowest BCUT2D eigenvalue weighted by atomic mass is 10.0. The highest BCUT2D eigenvalue weighted by atomic mass is 19.1. The number of rotatable bonds is 6. The van der Waals surface area contributed by atoms with Crippen LogP contribution in [0.1, 0.15) is 5.76 Å². The molecule has 0 aliphatic carbocycles. The van der Waals surface area contributed by atoms with Crippen molar-refractivity contribution in [1.29, 1.82) is 0 Å². The number of benzene rings is 4. The van der Waals surface area contributed by atoms with E-state index in [0.717, 1.165) is 16.5 Å². The zero-order chi connectivity index (χ0) is 26.6. The van der Waals surface area contributed by atoms with E-state index in [9.17, 15) is 18.4 Å². The summed E-state index contributed by atoms with van der Waals surface area (Å²) in [6.45, 7) is -0.185. The Morgan fingerprint density at radius 3 is 1.97 bits per heavy atom. The van der Waals surface area contributed by atoms with Crippen molar-refractivity contribution in [2.75, 3.05) is 5.32 Å². The Morgan fingerprint density at radius 1 is 0.763 bits per heavy atom. The Balaban J connectivity index is 1.28. The van der Waals surface area contributed by atoms with Crippen LogP contribution in [0.3, 0.4) is 0 Å². The number of hydrogen-bond donors (Lipinski definition) is 2. The largest absolute Gasteiger partial charge is 0.511 e. The SMILES string of the molecule is O=C(O)Oc1cc(-c2ccc(F)cc2)ccc1NC(=O)OCc1cc2cc(-c3ccc(F)cc3)ccc2o1. The van der Waals surface area contributed by atoms with Gasteiger partial charge in [0.25, 0.3) is 0 Å². The van der Waals surface area contributed by atoms with Crippen LogP contribution in [0.25, 0.3) is 33.2 Å². The van der Waals surface area contributed by atoms with Crippen LogP contribution in [0.15, 0.2) is 95.4 Å². The van der Waals surface area contributed by atoms with Crippen molar-refractivity contribution in [3.63, 3.8) is 0 Å². The number of anilines is 1. The topological polar surface area (TPSA) is 98.0 Å². The van der Waals surface area contributed by atoms with Crippen LogP contribution in [0, 0.1) is 11.6 Å². The lowest BCUT2D eigenvalue weighted by molar-refractivity contribution is 0.142. The number of halogens is 2. The summed E-state index contributed by atoms with van der Waals surface area (Å²) in [5.41, 5.74) is 3.56. The number of amides is 1. The molecule has 5 aromatic rings. The van der Waals surface area contributed by atoms with E-state index in [1.807, 2.05) is 12.1 Å². The highest BCUT2D eigenvalue weighted by molar-refractivity contribution is 5.89. The Kier molecular flexibility index (Phi) is 6.73. The second kappa shape index (κ2) is 10.4. The van der Waals surface area contributed by atoms with E-state index in [-0.39, 0.29) is 23.9 Å². The molecule has 1 amide bonds. The standard InChI is InChI=1S/C29H19F2NO6/c30-22-7-1-17(2-8-22)19-6-12-26-21(13-19)14-24(37-26)16-36-28(33)32-25-11-5-20(15-27(25)38-29(34)35)18-3-9-23(31)10-4-18/h1-15H,16H2,(H,32,33)(H,34,35). The van der Waals surface area contributed by atoms with E-state index in [1.54, 1.807) is 30.3 Å². The van der Waals surface area contributed by atoms with E-state index in [4.69, 9.17) is 19.0 Å². The second-order valence-electron chi connectivity index (χ2n) is 8.26. The first kappa shape index (κ1) is 24.5. The van der Waals surface area contributed by atoms with Gasteiger partial charge in [0.15, 0.2) is 12.4 Å². The van der Waals surface area contributed by atoms with Gasteiger partial charge in [-0.2, -0.15) is 0 Å². The summed E-state index contributed by atoms with van der Waals surface area (Å²) in [5.74, 6) is -0.468. The van der Waals surface area contributed by atoms with Crippen LogP contribution in [-0.4, -0.2) is 17.4 Å². The molecule has 1 heterocycles. The quantitative estimate of drug-likeness (QED) is 0.177. The average molecular weight is 515 g/mol. The van der Waals surface area contributed by atoms with Crippen LogP contribution in [0.2, 0.25) is 0 Å². The smallest absolute Gasteiger partial charge is 0.457 e. The molecule has 0 saturated heterocycles. The zero-order valence-corrected chi connectivity index (χ0v) is 19.6. The van der Waals surface area contributed by atoms with Gasteiger partial charge < -0.3 is 19.0 Å². The highest BCUT2D eigenvalue weighted by Crippen LogP contribution is 2.32. The minimum Gasteiger partial charge on any atom is -0.457 e. The number of furan rings is 1. The second-order valence-corrected chi connectivity index (χ2v) is 8.26. The van der Waals surface area contributed by atoms with Gasteiger partial charge in [-0.05, 0) is 76.9 Å². The molecule has 1 aromatic heterocycles. The fourth-order valence-corrected chi connectivity index (χ4v) is 3.90. The summed E-state index contributed by atoms with van der Waals surface area (Å²) in [6, 6.07) is 23.5. The highest BCUT2D eigenvalue weighted by Gasteiger charge is 2.15. The predicted molar refractivity (Wildman–Crippen MR) is 136 cm³/mol. The van der Waals surface area contributed by atoms with Gasteiger partial charge in [-0.25, -0.2) is 18.4 Å². The number of ether oxygens (including phenoxy) is 2. The first-order chi connectivity index (χ1) is 18.3. The van der Waals surface area contributed by atoms with Gasteiger partial charge in [-0.15, -0.1) is 0 Å². The summed E-state index contributed by atoms with van der Waals surface area (Å²) in [7, 11) is 0. The maximum absolute atomic E-state index is 13.2. The summed E-state index contributed by atoms with van der Waals surface area (Å²) in [4.78, 5) is 23.6. The minimum atomic E-state index is -1.57. The molecule has 5 rings (SSSR count). The molecule has 7 nitrogen and oxygen atoms in total. The molecule has 38 heavy (non-hydrogen) atoms. The van der Waals surface area contributed by atoms with Crippen LogP contribution in [-0.2, 0) is 11.3 Å². The molecule has 0 aliphatic rings. The minimum absolute atomic E-state index is 0.0665. The monoisotopic (exact) mass is 515 g/mol. The number of carbonyl (C=O) groups excluding carboxylic acids is 1. The fourth-order valence-electron chi connectivity index (χ4n) is 3.90. The van der Waals surface area contributed by atoms with Gasteiger partial charge >= 0.3 is 12.2 Å². The third-order valence-corrected chi connectivity index (χ3v) is 5.68. The van der Waals surface area contributed by atoms with Gasteiger partial charge in [0.2, 0.25) is 0 Å². The van der Waals surface area contributed by atoms with Gasteiger partial charge in [-0.1, -0.05) is 36.4 Å². The van der Waals surface area contributed by atoms with E-state index in [2.05, 4.69) is 5.32 Å². The molecule has 0 aliphatic heterocycles. The van der Waals surface area contributed by atoms with Crippen molar-refractivity contribution in [2.45, 2.75) is 6.61 Å². The third-order valence-electron chi connectivity index (χ3n) is 5.68. The molecule has 9 heteroatoms. The van der Waals surface area contributed by atoms with Crippen molar-refractivity contribution in [2.24, 2.45) is 0 Å². The van der Waals surface area contributed by atoms with Crippen molar-refractivity contribution in [3.05, 3.63) is 108 Å².